The second-order valence-electron chi connectivity index (χ2n) is 4.58. The van der Waals surface area contributed by atoms with Crippen LogP contribution in [-0.4, -0.2) is 34.7 Å². The maximum atomic E-state index is 12.5. The normalized spacial score (nSPS) is 19.9. The maximum absolute atomic E-state index is 12.5. The first-order valence-corrected chi connectivity index (χ1v) is 8.85. The van der Waals surface area contributed by atoms with Crippen LogP contribution in [-0.2, 0) is 10.0 Å². The van der Waals surface area contributed by atoms with Gasteiger partial charge in [0.05, 0.1) is 11.6 Å². The number of halogens is 2. The molecular formula is C12H16BrClN2O3S. The van der Waals surface area contributed by atoms with Crippen molar-refractivity contribution in [1.29, 1.82) is 0 Å². The molecule has 0 bridgehead atoms. The first-order chi connectivity index (χ1) is 9.44. The molecule has 1 aromatic rings. The van der Waals surface area contributed by atoms with Gasteiger partial charge in [0, 0.05) is 17.6 Å². The fourth-order valence-electron chi connectivity index (χ4n) is 2.17. The van der Waals surface area contributed by atoms with Crippen molar-refractivity contribution in [2.24, 2.45) is 0 Å². The molecule has 0 amide bonds. The summed E-state index contributed by atoms with van der Waals surface area (Å²) in [5, 5.41) is 3.50. The molecule has 1 heterocycles. The predicted octanol–water partition coefficient (Wildman–Crippen LogP) is 2.14. The zero-order valence-electron chi connectivity index (χ0n) is 10.9. The van der Waals surface area contributed by atoms with Crippen LogP contribution < -0.4 is 14.8 Å². The van der Waals surface area contributed by atoms with Crippen LogP contribution in [0.4, 0.5) is 0 Å². The Morgan fingerprint density at radius 3 is 2.85 bits per heavy atom. The lowest BCUT2D eigenvalue weighted by Gasteiger charge is -2.24. The van der Waals surface area contributed by atoms with Gasteiger partial charge in [-0.25, -0.2) is 13.1 Å². The Bertz CT molecular complexity index is 589. The largest absolute Gasteiger partial charge is 0.494 e. The summed E-state index contributed by atoms with van der Waals surface area (Å²) in [4.78, 5) is 0.0462. The molecule has 0 aromatic heterocycles. The predicted molar refractivity (Wildman–Crippen MR) is 81.9 cm³/mol. The highest BCUT2D eigenvalue weighted by atomic mass is 79.9. The zero-order chi connectivity index (χ0) is 14.8. The third-order valence-electron chi connectivity index (χ3n) is 3.09. The summed E-state index contributed by atoms with van der Waals surface area (Å²) >= 11 is 9.20. The van der Waals surface area contributed by atoms with Crippen molar-refractivity contribution < 1.29 is 13.2 Å². The van der Waals surface area contributed by atoms with Crippen LogP contribution in [0.1, 0.15) is 12.8 Å². The Balaban J connectivity index is 2.33. The van der Waals surface area contributed by atoms with E-state index in [-0.39, 0.29) is 16.7 Å². The van der Waals surface area contributed by atoms with E-state index in [1.807, 2.05) is 0 Å². The van der Waals surface area contributed by atoms with Crippen LogP contribution in [0.5, 0.6) is 5.75 Å². The van der Waals surface area contributed by atoms with Crippen molar-refractivity contribution in [3.8, 4) is 5.75 Å². The molecule has 1 atom stereocenters. The minimum absolute atomic E-state index is 0.0462. The van der Waals surface area contributed by atoms with E-state index in [2.05, 4.69) is 26.0 Å². The maximum Gasteiger partial charge on any atom is 0.244 e. The van der Waals surface area contributed by atoms with Gasteiger partial charge >= 0.3 is 0 Å². The average Bonchev–Trinajstić information content (AvgIpc) is 2.38. The Kier molecular flexibility index (Phi) is 5.30. The van der Waals surface area contributed by atoms with Crippen LogP contribution in [0.2, 0.25) is 5.02 Å². The summed E-state index contributed by atoms with van der Waals surface area (Å²) in [5.41, 5.74) is 0. The summed E-state index contributed by atoms with van der Waals surface area (Å²) in [7, 11) is -2.25. The van der Waals surface area contributed by atoms with Gasteiger partial charge in [-0.3, -0.25) is 0 Å². The van der Waals surface area contributed by atoms with Crippen molar-refractivity contribution in [3.63, 3.8) is 0 Å². The highest BCUT2D eigenvalue weighted by Gasteiger charge is 2.26. The number of benzene rings is 1. The molecule has 1 saturated heterocycles. The van der Waals surface area contributed by atoms with Gasteiger partial charge in [-0.05, 0) is 47.4 Å². The van der Waals surface area contributed by atoms with E-state index >= 15 is 0 Å². The molecule has 5 nitrogen and oxygen atoms in total. The van der Waals surface area contributed by atoms with Crippen LogP contribution in [0.15, 0.2) is 21.5 Å². The molecule has 1 fully saturated rings. The first kappa shape index (κ1) is 16.0. The summed E-state index contributed by atoms with van der Waals surface area (Å²) in [6, 6.07) is 2.88. The van der Waals surface area contributed by atoms with E-state index in [0.717, 1.165) is 19.4 Å². The van der Waals surface area contributed by atoms with E-state index < -0.39 is 10.0 Å². The molecule has 0 spiro atoms. The summed E-state index contributed by atoms with van der Waals surface area (Å²) in [6.07, 6.45) is 1.76. The number of ether oxygens (including phenoxy) is 1. The van der Waals surface area contributed by atoms with Gasteiger partial charge in [-0.15, -0.1) is 0 Å². The highest BCUT2D eigenvalue weighted by Crippen LogP contribution is 2.35. The number of hydrogen-bond acceptors (Lipinski definition) is 4. The van der Waals surface area contributed by atoms with Gasteiger partial charge in [0.25, 0.3) is 0 Å². The monoisotopic (exact) mass is 382 g/mol. The number of rotatable bonds is 4. The van der Waals surface area contributed by atoms with Crippen LogP contribution in [0, 0.1) is 0 Å². The van der Waals surface area contributed by atoms with Crippen LogP contribution in [0.3, 0.4) is 0 Å². The van der Waals surface area contributed by atoms with Gasteiger partial charge < -0.3 is 10.1 Å². The lowest BCUT2D eigenvalue weighted by Crippen LogP contribution is -2.45. The van der Waals surface area contributed by atoms with Crippen molar-refractivity contribution in [2.75, 3.05) is 20.2 Å². The molecule has 1 aliphatic heterocycles. The Hall–Kier alpha value is -0.340. The lowest BCUT2D eigenvalue weighted by molar-refractivity contribution is 0.397. The second-order valence-corrected chi connectivity index (χ2v) is 7.56. The third-order valence-corrected chi connectivity index (χ3v) is 5.42. The van der Waals surface area contributed by atoms with Gasteiger partial charge in [-0.2, -0.15) is 0 Å². The Morgan fingerprint density at radius 2 is 2.25 bits per heavy atom. The number of sulfonamides is 1. The van der Waals surface area contributed by atoms with Gasteiger partial charge in [0.2, 0.25) is 10.0 Å². The zero-order valence-corrected chi connectivity index (χ0v) is 14.1. The van der Waals surface area contributed by atoms with E-state index in [1.54, 1.807) is 6.07 Å². The molecule has 112 valence electrons. The molecule has 2 rings (SSSR count). The number of piperidine rings is 1. The average molecular weight is 384 g/mol. The fraction of sp³-hybridized carbons (Fsp3) is 0.500. The molecule has 0 aliphatic carbocycles. The van der Waals surface area contributed by atoms with Gasteiger partial charge in [0.1, 0.15) is 4.90 Å². The number of methoxy groups -OCH3 is 1. The summed E-state index contributed by atoms with van der Waals surface area (Å²) in [5.74, 6) is 0.255. The topological polar surface area (TPSA) is 67.4 Å². The van der Waals surface area contributed by atoms with Crippen LogP contribution in [0.25, 0.3) is 0 Å². The molecule has 0 unspecified atom stereocenters. The Morgan fingerprint density at radius 1 is 1.50 bits per heavy atom. The first-order valence-electron chi connectivity index (χ1n) is 6.20. The summed E-state index contributed by atoms with van der Waals surface area (Å²) in [6.45, 7) is 1.55. The fourth-order valence-corrected chi connectivity index (χ4v) is 4.82. The van der Waals surface area contributed by atoms with Crippen LogP contribution >= 0.6 is 27.5 Å². The van der Waals surface area contributed by atoms with Crippen molar-refractivity contribution >= 4 is 37.6 Å². The van der Waals surface area contributed by atoms with E-state index in [1.165, 1.54) is 13.2 Å². The number of nitrogens with one attached hydrogen (secondary N) is 2. The molecule has 0 saturated carbocycles. The minimum Gasteiger partial charge on any atom is -0.494 e. The molecule has 1 aliphatic rings. The van der Waals surface area contributed by atoms with Crippen molar-refractivity contribution in [1.82, 2.24) is 10.0 Å². The van der Waals surface area contributed by atoms with Gasteiger partial charge in [-0.1, -0.05) is 11.6 Å². The van der Waals surface area contributed by atoms with E-state index in [4.69, 9.17) is 16.3 Å². The Labute approximate surface area is 132 Å². The number of hydrogen-bond donors (Lipinski definition) is 2. The molecule has 2 N–H and O–H groups in total. The van der Waals surface area contributed by atoms with Crippen molar-refractivity contribution in [2.45, 2.75) is 23.8 Å². The summed E-state index contributed by atoms with van der Waals surface area (Å²) < 4.78 is 33.3. The minimum atomic E-state index is -3.68. The van der Waals surface area contributed by atoms with Gasteiger partial charge in [0.15, 0.2) is 5.75 Å². The molecule has 1 aromatic carbocycles. The lowest BCUT2D eigenvalue weighted by atomic mass is 10.1. The second kappa shape index (κ2) is 6.62. The van der Waals surface area contributed by atoms with E-state index in [9.17, 15) is 8.42 Å². The van der Waals surface area contributed by atoms with Crippen molar-refractivity contribution in [3.05, 3.63) is 21.6 Å². The van der Waals surface area contributed by atoms with E-state index in [0.29, 0.717) is 16.0 Å². The smallest absolute Gasteiger partial charge is 0.244 e. The molecule has 8 heteroatoms. The molecule has 20 heavy (non-hydrogen) atoms. The third kappa shape index (κ3) is 3.65. The highest BCUT2D eigenvalue weighted by molar-refractivity contribution is 9.10. The SMILES string of the molecule is COc1c(Br)cc(Cl)cc1S(=O)(=O)N[C@H]1CCCNC1. The molecular weight excluding hydrogens is 368 g/mol. The quantitative estimate of drug-likeness (QED) is 0.836. The standard InChI is InChI=1S/C12H16BrClN2O3S/c1-19-12-10(13)5-8(14)6-11(12)20(17,18)16-9-3-2-4-15-7-9/h5-6,9,15-16H,2-4,7H2,1H3/t9-/m0/s1. The molecule has 0 radical (unpaired) electrons.